The van der Waals surface area contributed by atoms with Gasteiger partial charge in [-0.15, -0.1) is 0 Å². The van der Waals surface area contributed by atoms with Crippen LogP contribution in [0.2, 0.25) is 0 Å². The lowest BCUT2D eigenvalue weighted by atomic mass is 9.65. The Morgan fingerprint density at radius 2 is 1.21 bits per heavy atom. The number of esters is 3. The van der Waals surface area contributed by atoms with Crippen molar-refractivity contribution >= 4 is 52.6 Å². The fourth-order valence-electron chi connectivity index (χ4n) is 8.79. The molecule has 0 radical (unpaired) electrons. The maximum absolute atomic E-state index is 13.9. The van der Waals surface area contributed by atoms with Crippen LogP contribution < -0.4 is 0 Å². The Kier molecular flexibility index (Phi) is 6.72. The quantitative estimate of drug-likeness (QED) is 0.125. The van der Waals surface area contributed by atoms with Crippen molar-refractivity contribution in [1.29, 1.82) is 0 Å². The number of carboxylic acid groups (broad SMARTS) is 2. The maximum Gasteiger partial charge on any atom is 0.347 e. The second-order valence-electron chi connectivity index (χ2n) is 13.0. The van der Waals surface area contributed by atoms with Gasteiger partial charge in [0.2, 0.25) is 0 Å². The Balaban J connectivity index is 1.34. The van der Waals surface area contributed by atoms with Gasteiger partial charge in [-0.1, -0.05) is 24.3 Å². The number of carboxylic acids is 2. The van der Waals surface area contributed by atoms with E-state index in [1.165, 1.54) is 0 Å². The number of phenolic OH excluding ortho intramolecular Hbond substituents is 2. The molecule has 0 amide bonds. The van der Waals surface area contributed by atoms with Crippen LogP contribution in [0.3, 0.4) is 0 Å². The number of carbonyl (C=O) groups excluding carboxylic acids is 5. The zero-order valence-corrected chi connectivity index (χ0v) is 26.4. The SMILES string of the molecule is O=C(O)C(=C1OC(=O)C(C2=CC(=O)[C@]3(O)[C@H]2[C@H]2C(=O)O[C@H]4CC(=O)[C@@H]3[C@]42C2=C(O)C(=C(C(=O)O)c3ccc(O)cc3)OC2=O)=C1O)c1ccc(O)cc1. The molecule has 17 heteroatoms. The first-order valence-electron chi connectivity index (χ1n) is 15.6. The van der Waals surface area contributed by atoms with E-state index in [4.69, 9.17) is 14.2 Å². The Hall–Kier alpha value is -7.01. The minimum atomic E-state index is -2.93. The number of cyclic esters (lactones) is 2. The number of ketones is 2. The number of Topliss-reactive ketones (excluding diaryl/α,β-unsaturated/α-hetero) is 1. The van der Waals surface area contributed by atoms with Gasteiger partial charge in [-0.2, -0.15) is 0 Å². The van der Waals surface area contributed by atoms with Crippen LogP contribution in [0, 0.1) is 23.2 Å². The lowest BCUT2D eigenvalue weighted by Gasteiger charge is -2.33. The van der Waals surface area contributed by atoms with E-state index in [0.717, 1.165) is 48.5 Å². The summed E-state index contributed by atoms with van der Waals surface area (Å²) in [7, 11) is 0. The molecule has 2 saturated carbocycles. The first-order chi connectivity index (χ1) is 25.0. The number of aliphatic hydroxyl groups excluding tert-OH is 2. The highest BCUT2D eigenvalue weighted by Gasteiger charge is 2.86. The Morgan fingerprint density at radius 1 is 0.698 bits per heavy atom. The molecule has 53 heavy (non-hydrogen) atoms. The molecule has 2 aromatic carbocycles. The van der Waals surface area contributed by atoms with E-state index in [9.17, 15) is 69.3 Å². The largest absolute Gasteiger partial charge is 0.508 e. The zero-order chi connectivity index (χ0) is 38.0. The topological polar surface area (TPSA) is 289 Å². The van der Waals surface area contributed by atoms with E-state index in [1.54, 1.807) is 0 Å². The van der Waals surface area contributed by atoms with E-state index in [2.05, 4.69) is 0 Å². The van der Waals surface area contributed by atoms with Gasteiger partial charge in [-0.3, -0.25) is 14.4 Å². The Labute approximate surface area is 294 Å². The van der Waals surface area contributed by atoms with Crippen molar-refractivity contribution in [3.63, 3.8) is 0 Å². The summed E-state index contributed by atoms with van der Waals surface area (Å²) in [6, 6.07) is 9.04. The molecule has 3 aliphatic heterocycles. The standard InChI is InChI=1S/C36H22O17/c37-13-5-1-11(2-6-13)19(30(43)44)27-25(41)21(32(47)52-27)15-9-17(40)36(50)22(15)23-33(48)51-18-10-16(39)29(36)35(18,23)24-26(42)28(53-34(24)49)20(31(45)46)12-3-7-14(38)8-4-12/h1-9,18,22-23,29,37-38,41-42,50H,10H2,(H,43,44)(H,45,46)/t18-,22+,23-,29+,35+,36-/m0/s1. The fraction of sp³-hybridized carbons (Fsp3) is 0.194. The summed E-state index contributed by atoms with van der Waals surface area (Å²) in [5.74, 6) is -20.1. The third-order valence-corrected chi connectivity index (χ3v) is 10.6. The van der Waals surface area contributed by atoms with Crippen molar-refractivity contribution < 1.29 is 83.5 Å². The fourth-order valence-corrected chi connectivity index (χ4v) is 8.79. The summed E-state index contributed by atoms with van der Waals surface area (Å²) in [6.45, 7) is 0. The normalized spacial score (nSPS) is 31.7. The first kappa shape index (κ1) is 33.2. The molecule has 1 saturated heterocycles. The van der Waals surface area contributed by atoms with Crippen LogP contribution >= 0.6 is 0 Å². The summed E-state index contributed by atoms with van der Waals surface area (Å²) < 4.78 is 16.0. The summed E-state index contributed by atoms with van der Waals surface area (Å²) in [4.78, 5) is 93.5. The van der Waals surface area contributed by atoms with E-state index in [0.29, 0.717) is 6.08 Å². The molecule has 0 aromatic heterocycles. The summed E-state index contributed by atoms with van der Waals surface area (Å²) in [5.41, 5.74) is -9.44. The minimum Gasteiger partial charge on any atom is -0.508 e. The number of phenols is 2. The molecular formula is C36H22O17. The first-order valence-corrected chi connectivity index (χ1v) is 15.6. The molecule has 3 heterocycles. The summed E-state index contributed by atoms with van der Waals surface area (Å²) in [5, 5.41) is 74.8. The zero-order valence-electron chi connectivity index (χ0n) is 26.4. The van der Waals surface area contributed by atoms with E-state index < -0.39 is 134 Å². The van der Waals surface area contributed by atoms with Gasteiger partial charge in [0.25, 0.3) is 0 Å². The number of fused-ring (bicyclic) bond motifs is 3. The number of aliphatic hydroxyl groups is 3. The molecule has 2 aromatic rings. The van der Waals surface area contributed by atoms with Gasteiger partial charge in [-0.05, 0) is 47.0 Å². The van der Waals surface area contributed by atoms with Crippen molar-refractivity contribution in [2.75, 3.05) is 0 Å². The van der Waals surface area contributed by atoms with Crippen LogP contribution in [0.1, 0.15) is 17.5 Å². The molecule has 7 N–H and O–H groups in total. The number of benzene rings is 2. The molecule has 0 bridgehead atoms. The molecule has 3 aliphatic carbocycles. The highest BCUT2D eigenvalue weighted by atomic mass is 16.6. The van der Waals surface area contributed by atoms with Crippen molar-refractivity contribution in [2.45, 2.75) is 18.1 Å². The molecule has 0 spiro atoms. The number of hydrogen-bond donors (Lipinski definition) is 7. The molecular weight excluding hydrogens is 704 g/mol. The lowest BCUT2D eigenvalue weighted by Crippen LogP contribution is -2.50. The number of carbonyl (C=O) groups is 7. The molecule has 6 atom stereocenters. The van der Waals surface area contributed by atoms with Crippen LogP contribution in [0.5, 0.6) is 11.5 Å². The average molecular weight is 727 g/mol. The lowest BCUT2D eigenvalue weighted by molar-refractivity contribution is -0.151. The molecule has 268 valence electrons. The van der Waals surface area contributed by atoms with Gasteiger partial charge in [0, 0.05) is 12.3 Å². The van der Waals surface area contributed by atoms with Crippen molar-refractivity contribution in [1.82, 2.24) is 0 Å². The van der Waals surface area contributed by atoms with Gasteiger partial charge in [-0.25, -0.2) is 19.2 Å². The Bertz CT molecular complexity index is 2350. The van der Waals surface area contributed by atoms with Crippen LogP contribution in [0.4, 0.5) is 0 Å². The smallest absolute Gasteiger partial charge is 0.347 e. The molecule has 8 rings (SSSR count). The minimum absolute atomic E-state index is 0.139. The number of hydrogen-bond acceptors (Lipinski definition) is 15. The number of aliphatic carboxylic acids is 2. The monoisotopic (exact) mass is 726 g/mol. The summed E-state index contributed by atoms with van der Waals surface area (Å²) >= 11 is 0. The second kappa shape index (κ2) is 10.8. The maximum atomic E-state index is 13.9. The Morgan fingerprint density at radius 3 is 1.74 bits per heavy atom. The number of rotatable bonds is 6. The van der Waals surface area contributed by atoms with Gasteiger partial charge in [0.15, 0.2) is 28.8 Å². The van der Waals surface area contributed by atoms with Crippen LogP contribution in [-0.2, 0) is 47.8 Å². The van der Waals surface area contributed by atoms with E-state index in [1.807, 2.05) is 0 Å². The summed E-state index contributed by atoms with van der Waals surface area (Å²) in [6.07, 6.45) is -1.60. The average Bonchev–Trinajstić information content (AvgIpc) is 3.84. The van der Waals surface area contributed by atoms with Gasteiger partial charge in [0.05, 0.1) is 22.8 Å². The molecule has 17 nitrogen and oxygen atoms in total. The predicted molar refractivity (Wildman–Crippen MR) is 167 cm³/mol. The van der Waals surface area contributed by atoms with Crippen molar-refractivity contribution in [3.05, 3.63) is 105 Å². The predicted octanol–water partition coefficient (Wildman–Crippen LogP) is 1.11. The van der Waals surface area contributed by atoms with Gasteiger partial charge in [0.1, 0.15) is 45.7 Å². The molecule has 6 aliphatic rings. The van der Waals surface area contributed by atoms with E-state index >= 15 is 0 Å². The van der Waals surface area contributed by atoms with E-state index in [-0.39, 0.29) is 22.6 Å². The van der Waals surface area contributed by atoms with Gasteiger partial charge < -0.3 is 50.0 Å². The van der Waals surface area contributed by atoms with Crippen LogP contribution in [-0.4, -0.2) is 88.9 Å². The van der Waals surface area contributed by atoms with Crippen molar-refractivity contribution in [2.24, 2.45) is 23.2 Å². The highest BCUT2D eigenvalue weighted by molar-refractivity contribution is 6.20. The molecule has 3 fully saturated rings. The van der Waals surface area contributed by atoms with Gasteiger partial charge >= 0.3 is 29.8 Å². The third kappa shape index (κ3) is 4.07. The second-order valence-corrected chi connectivity index (χ2v) is 13.0. The number of ether oxygens (including phenoxy) is 3. The van der Waals surface area contributed by atoms with Crippen LogP contribution in [0.15, 0.2) is 94.4 Å². The third-order valence-electron chi connectivity index (χ3n) is 10.6. The highest BCUT2D eigenvalue weighted by Crippen LogP contribution is 2.74. The van der Waals surface area contributed by atoms with Crippen LogP contribution in [0.25, 0.3) is 11.1 Å². The van der Waals surface area contributed by atoms with Crippen molar-refractivity contribution in [3.8, 4) is 11.5 Å². The number of aromatic hydroxyl groups is 2. The molecule has 0 unspecified atom stereocenters.